The van der Waals surface area contributed by atoms with Crippen LogP contribution in [-0.2, 0) is 24.4 Å². The molecule has 2 rings (SSSR count). The average molecular weight is 207 g/mol. The van der Waals surface area contributed by atoms with Crippen molar-refractivity contribution in [3.63, 3.8) is 0 Å². The molecular weight excluding hydrogens is 190 g/mol. The van der Waals surface area contributed by atoms with Gasteiger partial charge < -0.3 is 15.2 Å². The highest BCUT2D eigenvalue weighted by Crippen LogP contribution is 2.29. The van der Waals surface area contributed by atoms with Gasteiger partial charge in [-0.25, -0.2) is 0 Å². The highest BCUT2D eigenvalue weighted by molar-refractivity contribution is 5.43. The fourth-order valence-electron chi connectivity index (χ4n) is 1.94. The first kappa shape index (κ1) is 10.5. The normalized spacial score (nSPS) is 14.0. The summed E-state index contributed by atoms with van der Waals surface area (Å²) in [6, 6.07) is 4.28. The zero-order valence-corrected chi connectivity index (χ0v) is 9.08. The lowest BCUT2D eigenvalue weighted by molar-refractivity contribution is 0.134. The van der Waals surface area contributed by atoms with Crippen LogP contribution in [0.4, 0.5) is 0 Å². The average Bonchev–Trinajstić information content (AvgIpc) is 2.71. The van der Waals surface area contributed by atoms with Crippen LogP contribution in [-0.4, -0.2) is 13.7 Å². The molecule has 0 aliphatic carbocycles. The molecule has 0 radical (unpaired) electrons. The second-order valence-electron chi connectivity index (χ2n) is 3.82. The third-order valence-corrected chi connectivity index (χ3v) is 2.77. The number of benzene rings is 1. The minimum absolute atomic E-state index is 0.711. The van der Waals surface area contributed by atoms with Crippen molar-refractivity contribution in [2.75, 3.05) is 13.7 Å². The van der Waals surface area contributed by atoms with E-state index in [9.17, 15) is 0 Å². The minimum atomic E-state index is 0.711. The van der Waals surface area contributed by atoms with E-state index in [4.69, 9.17) is 15.2 Å². The minimum Gasteiger partial charge on any atom is -0.496 e. The zero-order chi connectivity index (χ0) is 10.7. The summed E-state index contributed by atoms with van der Waals surface area (Å²) in [6.07, 6.45) is 1.98. The highest BCUT2D eigenvalue weighted by atomic mass is 16.5. The third-order valence-electron chi connectivity index (χ3n) is 2.77. The number of ether oxygens (including phenoxy) is 2. The molecule has 1 heterocycles. The second kappa shape index (κ2) is 4.64. The van der Waals surface area contributed by atoms with Gasteiger partial charge in [0, 0.05) is 0 Å². The maximum Gasteiger partial charge on any atom is 0.122 e. The van der Waals surface area contributed by atoms with Gasteiger partial charge in [-0.15, -0.1) is 0 Å². The molecule has 1 aliphatic rings. The number of methoxy groups -OCH3 is 1. The molecule has 0 fully saturated rings. The van der Waals surface area contributed by atoms with Gasteiger partial charge in [-0.3, -0.25) is 0 Å². The molecule has 0 atom stereocenters. The van der Waals surface area contributed by atoms with E-state index in [-0.39, 0.29) is 0 Å². The maximum atomic E-state index is 5.52. The number of nitrogens with two attached hydrogens (primary N) is 1. The summed E-state index contributed by atoms with van der Waals surface area (Å²) in [5, 5.41) is 0. The van der Waals surface area contributed by atoms with Crippen LogP contribution < -0.4 is 10.5 Å². The molecule has 1 aliphatic heterocycles. The molecule has 1 aromatic carbocycles. The second-order valence-corrected chi connectivity index (χ2v) is 3.82. The maximum absolute atomic E-state index is 5.52. The number of rotatable bonds is 4. The summed E-state index contributed by atoms with van der Waals surface area (Å²) in [6.45, 7) is 2.16. The number of hydrogen-bond acceptors (Lipinski definition) is 3. The summed E-state index contributed by atoms with van der Waals surface area (Å²) >= 11 is 0. The SMILES string of the molecule is COc1cc2c(cc1CCCN)COC2. The Morgan fingerprint density at radius 1 is 1.33 bits per heavy atom. The van der Waals surface area contributed by atoms with Gasteiger partial charge in [-0.2, -0.15) is 0 Å². The molecule has 2 N–H and O–H groups in total. The van der Waals surface area contributed by atoms with E-state index >= 15 is 0 Å². The fraction of sp³-hybridized carbons (Fsp3) is 0.500. The van der Waals surface area contributed by atoms with Crippen LogP contribution in [0.5, 0.6) is 5.75 Å². The Kier molecular flexibility index (Phi) is 3.23. The first-order chi connectivity index (χ1) is 7.35. The smallest absolute Gasteiger partial charge is 0.122 e. The summed E-state index contributed by atoms with van der Waals surface area (Å²) in [5.74, 6) is 0.965. The predicted molar refractivity (Wildman–Crippen MR) is 58.9 cm³/mol. The van der Waals surface area contributed by atoms with Gasteiger partial charge in [0.15, 0.2) is 0 Å². The molecule has 0 saturated carbocycles. The van der Waals surface area contributed by atoms with Gasteiger partial charge in [-0.05, 0) is 48.2 Å². The molecule has 0 spiro atoms. The van der Waals surface area contributed by atoms with Crippen molar-refractivity contribution in [1.29, 1.82) is 0 Å². The van der Waals surface area contributed by atoms with Crippen molar-refractivity contribution < 1.29 is 9.47 Å². The Morgan fingerprint density at radius 2 is 2.07 bits per heavy atom. The zero-order valence-electron chi connectivity index (χ0n) is 9.08. The van der Waals surface area contributed by atoms with Crippen LogP contribution in [0, 0.1) is 0 Å². The van der Waals surface area contributed by atoms with Crippen molar-refractivity contribution >= 4 is 0 Å². The summed E-state index contributed by atoms with van der Waals surface area (Å²) in [5.41, 5.74) is 9.31. The lowest BCUT2D eigenvalue weighted by Gasteiger charge is -2.10. The number of hydrogen-bond donors (Lipinski definition) is 1. The summed E-state index contributed by atoms with van der Waals surface area (Å²) < 4.78 is 10.8. The fourth-order valence-corrected chi connectivity index (χ4v) is 1.94. The van der Waals surface area contributed by atoms with Crippen molar-refractivity contribution in [2.45, 2.75) is 26.1 Å². The van der Waals surface area contributed by atoms with Gasteiger partial charge in [0.1, 0.15) is 5.75 Å². The van der Waals surface area contributed by atoms with Gasteiger partial charge in [0.25, 0.3) is 0 Å². The molecule has 0 amide bonds. The van der Waals surface area contributed by atoms with E-state index in [1.807, 2.05) is 0 Å². The first-order valence-electron chi connectivity index (χ1n) is 5.31. The van der Waals surface area contributed by atoms with Crippen molar-refractivity contribution in [2.24, 2.45) is 5.73 Å². The van der Waals surface area contributed by atoms with Crippen molar-refractivity contribution in [3.8, 4) is 5.75 Å². The van der Waals surface area contributed by atoms with E-state index in [0.717, 1.165) is 31.7 Å². The molecule has 15 heavy (non-hydrogen) atoms. The molecule has 82 valence electrons. The van der Waals surface area contributed by atoms with E-state index < -0.39 is 0 Å². The molecule has 1 aromatic rings. The quantitative estimate of drug-likeness (QED) is 0.816. The van der Waals surface area contributed by atoms with Crippen LogP contribution in [0.1, 0.15) is 23.1 Å². The Hall–Kier alpha value is -1.06. The van der Waals surface area contributed by atoms with Crippen LogP contribution in [0.3, 0.4) is 0 Å². The van der Waals surface area contributed by atoms with Crippen molar-refractivity contribution in [1.82, 2.24) is 0 Å². The number of aryl methyl sites for hydroxylation is 1. The summed E-state index contributed by atoms with van der Waals surface area (Å²) in [4.78, 5) is 0. The molecule has 0 bridgehead atoms. The van der Waals surface area contributed by atoms with E-state index in [1.165, 1.54) is 16.7 Å². The van der Waals surface area contributed by atoms with Gasteiger partial charge in [-0.1, -0.05) is 0 Å². The van der Waals surface area contributed by atoms with Crippen LogP contribution in [0.15, 0.2) is 12.1 Å². The molecular formula is C12H17NO2. The summed E-state index contributed by atoms with van der Waals surface area (Å²) in [7, 11) is 1.71. The lowest BCUT2D eigenvalue weighted by atomic mass is 10.0. The van der Waals surface area contributed by atoms with Gasteiger partial charge in [0.05, 0.1) is 20.3 Å². The third kappa shape index (κ3) is 2.13. The molecule has 3 nitrogen and oxygen atoms in total. The lowest BCUT2D eigenvalue weighted by Crippen LogP contribution is -2.02. The standard InChI is InChI=1S/C12H17NO2/c1-14-12-6-11-8-15-7-10(11)5-9(12)3-2-4-13/h5-6H,2-4,7-8,13H2,1H3. The van der Waals surface area contributed by atoms with E-state index in [2.05, 4.69) is 12.1 Å². The molecule has 0 aromatic heterocycles. The monoisotopic (exact) mass is 207 g/mol. The number of fused-ring (bicyclic) bond motifs is 1. The van der Waals surface area contributed by atoms with Crippen LogP contribution >= 0.6 is 0 Å². The molecule has 3 heteroatoms. The molecule has 0 unspecified atom stereocenters. The van der Waals surface area contributed by atoms with E-state index in [0.29, 0.717) is 6.61 Å². The largest absolute Gasteiger partial charge is 0.496 e. The molecule has 0 saturated heterocycles. The topological polar surface area (TPSA) is 44.5 Å². The highest BCUT2D eigenvalue weighted by Gasteiger charge is 2.15. The Bertz CT molecular complexity index is 350. The first-order valence-corrected chi connectivity index (χ1v) is 5.31. The Labute approximate surface area is 90.2 Å². The predicted octanol–water partition coefficient (Wildman–Crippen LogP) is 1.62. The van der Waals surface area contributed by atoms with Gasteiger partial charge in [0.2, 0.25) is 0 Å². The Morgan fingerprint density at radius 3 is 2.73 bits per heavy atom. The Balaban J connectivity index is 2.27. The van der Waals surface area contributed by atoms with Gasteiger partial charge >= 0.3 is 0 Å². The van der Waals surface area contributed by atoms with Crippen molar-refractivity contribution in [3.05, 3.63) is 28.8 Å². The van der Waals surface area contributed by atoms with Crippen LogP contribution in [0.2, 0.25) is 0 Å². The van der Waals surface area contributed by atoms with E-state index in [1.54, 1.807) is 7.11 Å². The van der Waals surface area contributed by atoms with Crippen LogP contribution in [0.25, 0.3) is 0 Å².